The summed E-state index contributed by atoms with van der Waals surface area (Å²) in [4.78, 5) is 10.4. The van der Waals surface area contributed by atoms with Crippen molar-refractivity contribution in [2.24, 2.45) is 0 Å². The SMILES string of the molecule is [2H]C([2H])([2H])c1c(OCC(F)(F)F)ccnc1C([2H])([2H])S(=O)c1nc2ccccc2[nH]1. The Kier molecular flexibility index (Phi) is 3.28. The second kappa shape index (κ2) is 6.83. The van der Waals surface area contributed by atoms with Crippen LogP contribution in [0.4, 0.5) is 13.2 Å². The third-order valence-electron chi connectivity index (χ3n) is 3.04. The molecule has 0 saturated heterocycles. The number of fused-ring (bicyclic) bond motifs is 1. The largest absolute Gasteiger partial charge is 0.484 e. The summed E-state index contributed by atoms with van der Waals surface area (Å²) >= 11 is 0. The third kappa shape index (κ3) is 4.16. The molecule has 3 rings (SSSR count). The summed E-state index contributed by atoms with van der Waals surface area (Å²) in [6, 6.07) is 7.45. The van der Waals surface area contributed by atoms with Crippen LogP contribution in [0.15, 0.2) is 41.7 Å². The van der Waals surface area contributed by atoms with E-state index in [0.29, 0.717) is 11.0 Å². The molecule has 0 saturated carbocycles. The number of nitrogens with zero attached hydrogens (tertiary/aromatic N) is 2. The van der Waals surface area contributed by atoms with Gasteiger partial charge in [-0.3, -0.25) is 9.19 Å². The third-order valence-corrected chi connectivity index (χ3v) is 3.96. The van der Waals surface area contributed by atoms with Gasteiger partial charge in [-0.1, -0.05) is 12.1 Å². The maximum absolute atomic E-state index is 12.9. The number of H-pyrrole nitrogens is 1. The molecule has 0 aliphatic rings. The Bertz CT molecular complexity index is 1070. The molecule has 2 heterocycles. The van der Waals surface area contributed by atoms with Gasteiger partial charge in [0.05, 0.1) is 33.2 Å². The van der Waals surface area contributed by atoms with Crippen LogP contribution in [0.3, 0.4) is 0 Å². The summed E-state index contributed by atoms with van der Waals surface area (Å²) in [7, 11) is -2.58. The molecule has 1 aromatic carbocycles. The maximum atomic E-state index is 12.9. The molecule has 132 valence electrons. The minimum absolute atomic E-state index is 0.277. The van der Waals surface area contributed by atoms with Gasteiger partial charge >= 0.3 is 6.18 Å². The molecule has 9 heteroatoms. The number of para-hydroxylation sites is 2. The van der Waals surface area contributed by atoms with Crippen molar-refractivity contribution >= 4 is 21.8 Å². The standard InChI is InChI=1S/C16H14F3N3O2S/c1-10-13(20-7-6-14(10)24-9-16(17,18)19)8-25(23)15-21-11-4-2-3-5-12(11)22-15/h2-7H,8-9H2,1H3,(H,21,22)/i1D3,8D2. The predicted molar refractivity (Wildman–Crippen MR) is 86.7 cm³/mol. The minimum Gasteiger partial charge on any atom is -0.484 e. The van der Waals surface area contributed by atoms with E-state index in [0.717, 1.165) is 12.3 Å². The van der Waals surface area contributed by atoms with Crippen LogP contribution >= 0.6 is 0 Å². The first kappa shape index (κ1) is 12.0. The van der Waals surface area contributed by atoms with Gasteiger partial charge in [0.2, 0.25) is 0 Å². The lowest BCUT2D eigenvalue weighted by Crippen LogP contribution is -2.19. The van der Waals surface area contributed by atoms with Crippen LogP contribution in [0, 0.1) is 6.85 Å². The Labute approximate surface area is 150 Å². The van der Waals surface area contributed by atoms with E-state index in [9.17, 15) is 17.4 Å². The summed E-state index contributed by atoms with van der Waals surface area (Å²) < 4.78 is 94.6. The zero-order valence-electron chi connectivity index (χ0n) is 17.4. The Hall–Kier alpha value is -2.42. The van der Waals surface area contributed by atoms with Crippen molar-refractivity contribution in [3.05, 3.63) is 47.8 Å². The molecule has 25 heavy (non-hydrogen) atoms. The van der Waals surface area contributed by atoms with E-state index >= 15 is 0 Å². The molecule has 0 aliphatic heterocycles. The van der Waals surface area contributed by atoms with E-state index in [1.54, 1.807) is 24.3 Å². The number of aromatic amines is 1. The topological polar surface area (TPSA) is 67.9 Å². The van der Waals surface area contributed by atoms with Gasteiger partial charge in [-0.2, -0.15) is 13.2 Å². The number of rotatable bonds is 5. The second-order valence-corrected chi connectivity index (χ2v) is 5.99. The molecule has 2 aromatic heterocycles. The van der Waals surface area contributed by atoms with E-state index in [2.05, 4.69) is 19.7 Å². The number of pyridine rings is 1. The lowest BCUT2D eigenvalue weighted by Gasteiger charge is -2.13. The number of ether oxygens (including phenoxy) is 1. The Balaban J connectivity index is 2.08. The molecule has 3 aromatic rings. The predicted octanol–water partition coefficient (Wildman–Crippen LogP) is 3.52. The Morgan fingerprint density at radius 3 is 2.88 bits per heavy atom. The highest BCUT2D eigenvalue weighted by Gasteiger charge is 2.29. The van der Waals surface area contributed by atoms with Crippen LogP contribution in [-0.4, -0.2) is 31.9 Å². The summed E-state index contributed by atoms with van der Waals surface area (Å²) in [6.07, 6.45) is -3.85. The van der Waals surface area contributed by atoms with E-state index in [1.807, 2.05) is 0 Å². The van der Waals surface area contributed by atoms with Crippen LogP contribution in [-0.2, 0) is 16.5 Å². The van der Waals surface area contributed by atoms with E-state index in [1.165, 1.54) is 0 Å². The van der Waals surface area contributed by atoms with Crippen molar-refractivity contribution in [3.63, 3.8) is 0 Å². The summed E-state index contributed by atoms with van der Waals surface area (Å²) in [5, 5.41) is -0.277. The van der Waals surface area contributed by atoms with Crippen molar-refractivity contribution in [3.8, 4) is 5.75 Å². The highest BCUT2D eigenvalue weighted by molar-refractivity contribution is 7.84. The molecule has 1 unspecified atom stereocenters. The first-order chi connectivity index (χ1) is 13.8. The Morgan fingerprint density at radius 1 is 1.36 bits per heavy atom. The zero-order valence-corrected chi connectivity index (χ0v) is 13.2. The fourth-order valence-electron chi connectivity index (χ4n) is 1.95. The number of hydrogen-bond donors (Lipinski definition) is 1. The number of imidazole rings is 1. The molecule has 0 spiro atoms. The average Bonchev–Trinajstić information content (AvgIpc) is 3.08. The van der Waals surface area contributed by atoms with Gasteiger partial charge < -0.3 is 9.72 Å². The molecule has 5 nitrogen and oxygen atoms in total. The highest BCUT2D eigenvalue weighted by atomic mass is 32.2. The first-order valence-electron chi connectivity index (χ1n) is 9.37. The van der Waals surface area contributed by atoms with Crippen LogP contribution in [0.1, 0.15) is 18.1 Å². The molecule has 0 aliphatic carbocycles. The second-order valence-electron chi connectivity index (χ2n) is 4.87. The van der Waals surface area contributed by atoms with Gasteiger partial charge in [-0.25, -0.2) is 4.98 Å². The van der Waals surface area contributed by atoms with Crippen molar-refractivity contribution < 1.29 is 29.0 Å². The monoisotopic (exact) mass is 374 g/mol. The molecule has 0 fully saturated rings. The van der Waals surface area contributed by atoms with Crippen molar-refractivity contribution in [1.82, 2.24) is 15.0 Å². The number of benzene rings is 1. The van der Waals surface area contributed by atoms with Crippen molar-refractivity contribution in [2.45, 2.75) is 23.9 Å². The van der Waals surface area contributed by atoms with Crippen LogP contribution in [0.2, 0.25) is 0 Å². The van der Waals surface area contributed by atoms with Gasteiger partial charge in [0.1, 0.15) is 5.75 Å². The number of hydrogen-bond acceptors (Lipinski definition) is 4. The maximum Gasteiger partial charge on any atom is 0.422 e. The fourth-order valence-corrected chi connectivity index (χ4v) is 2.77. The number of halogens is 3. The summed E-state index contributed by atoms with van der Waals surface area (Å²) in [6.45, 7) is -4.87. The van der Waals surface area contributed by atoms with Gasteiger partial charge in [-0.15, -0.1) is 0 Å². The molecular weight excluding hydrogens is 355 g/mol. The number of nitrogens with one attached hydrogen (secondary N) is 1. The van der Waals surface area contributed by atoms with Gasteiger partial charge in [0.25, 0.3) is 0 Å². The normalized spacial score (nSPS) is 17.2. The minimum atomic E-state index is -4.74. The molecule has 0 radical (unpaired) electrons. The number of aromatic nitrogens is 3. The van der Waals surface area contributed by atoms with Crippen LogP contribution in [0.5, 0.6) is 5.75 Å². The quantitative estimate of drug-likeness (QED) is 0.742. The van der Waals surface area contributed by atoms with E-state index < -0.39 is 53.1 Å². The molecule has 1 atom stereocenters. The fraction of sp³-hybridized carbons (Fsp3) is 0.250. The zero-order chi connectivity index (χ0) is 22.3. The lowest BCUT2D eigenvalue weighted by molar-refractivity contribution is -0.153. The summed E-state index contributed by atoms with van der Waals surface area (Å²) in [5.41, 5.74) is -3.73. The van der Waals surface area contributed by atoms with Crippen LogP contribution < -0.4 is 4.74 Å². The molecular formula is C16H14F3N3O2S. The lowest BCUT2D eigenvalue weighted by atomic mass is 10.2. The van der Waals surface area contributed by atoms with E-state index in [4.69, 9.17) is 6.85 Å². The highest BCUT2D eigenvalue weighted by Crippen LogP contribution is 2.24. The molecule has 0 amide bonds. The van der Waals surface area contributed by atoms with Crippen molar-refractivity contribution in [1.29, 1.82) is 0 Å². The molecule has 0 bridgehead atoms. The van der Waals surface area contributed by atoms with Crippen LogP contribution in [0.25, 0.3) is 11.0 Å². The first-order valence-corrected chi connectivity index (χ1v) is 8.02. The average molecular weight is 374 g/mol. The molecule has 1 N–H and O–H groups in total. The van der Waals surface area contributed by atoms with Crippen molar-refractivity contribution in [2.75, 3.05) is 6.61 Å². The smallest absolute Gasteiger partial charge is 0.422 e. The Morgan fingerprint density at radius 2 is 2.16 bits per heavy atom. The van der Waals surface area contributed by atoms with E-state index in [-0.39, 0.29) is 5.16 Å². The summed E-state index contributed by atoms with van der Waals surface area (Å²) in [5.74, 6) is -0.720. The number of alkyl halides is 3. The van der Waals surface area contributed by atoms with Gasteiger partial charge in [0, 0.05) is 18.6 Å². The van der Waals surface area contributed by atoms with Gasteiger partial charge in [0.15, 0.2) is 11.8 Å². The van der Waals surface area contributed by atoms with Gasteiger partial charge in [-0.05, 0) is 25.1 Å².